The van der Waals surface area contributed by atoms with Gasteiger partial charge in [0.1, 0.15) is 0 Å². The SMILES string of the molecule is CCCCCC(O)c1ccc(N(CCCCCCCC(=O)O)S(C)(=O)=O)cc1. The summed E-state index contributed by atoms with van der Waals surface area (Å²) in [4.78, 5) is 10.5. The molecule has 0 spiro atoms. The van der Waals surface area contributed by atoms with Gasteiger partial charge in [-0.1, -0.05) is 57.6 Å². The number of sulfonamides is 1. The third-order valence-corrected chi connectivity index (χ3v) is 5.99. The van der Waals surface area contributed by atoms with Gasteiger partial charge in [0.05, 0.1) is 18.0 Å². The molecule has 1 rings (SSSR count). The molecular weight excluding hydrogens is 378 g/mol. The van der Waals surface area contributed by atoms with Crippen LogP contribution in [-0.4, -0.2) is 37.4 Å². The fourth-order valence-corrected chi connectivity index (χ4v) is 4.13. The maximum Gasteiger partial charge on any atom is 0.303 e. The van der Waals surface area contributed by atoms with Crippen molar-refractivity contribution in [3.8, 4) is 0 Å². The maximum atomic E-state index is 12.2. The van der Waals surface area contributed by atoms with Gasteiger partial charge >= 0.3 is 5.97 Å². The van der Waals surface area contributed by atoms with Gasteiger partial charge in [0.2, 0.25) is 10.0 Å². The molecule has 1 unspecified atom stereocenters. The molecule has 7 heteroatoms. The standard InChI is InChI=1S/C21H35NO5S/c1-3-4-8-11-20(23)18-13-15-19(16-14-18)22(28(2,26)27)17-10-7-5-6-9-12-21(24)25/h13-16,20,23H,3-12,17H2,1-2H3,(H,24,25). The molecule has 0 aliphatic carbocycles. The lowest BCUT2D eigenvalue weighted by atomic mass is 10.0. The van der Waals surface area contributed by atoms with Gasteiger partial charge in [-0.2, -0.15) is 0 Å². The molecule has 0 aliphatic heterocycles. The number of rotatable bonds is 15. The number of aliphatic carboxylic acids is 1. The van der Waals surface area contributed by atoms with Crippen LogP contribution in [0.4, 0.5) is 5.69 Å². The Morgan fingerprint density at radius 1 is 1.00 bits per heavy atom. The third-order valence-electron chi connectivity index (χ3n) is 4.80. The van der Waals surface area contributed by atoms with E-state index in [9.17, 15) is 18.3 Å². The van der Waals surface area contributed by atoms with E-state index in [1.165, 1.54) is 10.6 Å². The molecule has 0 saturated carbocycles. The van der Waals surface area contributed by atoms with Crippen LogP contribution in [0.25, 0.3) is 0 Å². The first kappa shape index (κ1) is 24.4. The summed E-state index contributed by atoms with van der Waals surface area (Å²) in [5, 5.41) is 18.9. The number of hydrogen-bond acceptors (Lipinski definition) is 4. The number of nitrogens with zero attached hydrogens (tertiary/aromatic N) is 1. The molecule has 0 amide bonds. The number of carbonyl (C=O) groups is 1. The number of hydrogen-bond donors (Lipinski definition) is 2. The first-order valence-corrected chi connectivity index (χ1v) is 12.1. The molecule has 0 heterocycles. The van der Waals surface area contributed by atoms with Crippen molar-refractivity contribution < 1.29 is 23.4 Å². The lowest BCUT2D eigenvalue weighted by Gasteiger charge is -2.23. The first-order chi connectivity index (χ1) is 13.3. The van der Waals surface area contributed by atoms with Crippen LogP contribution in [0.1, 0.15) is 82.8 Å². The summed E-state index contributed by atoms with van der Waals surface area (Å²) in [6, 6.07) is 7.12. The monoisotopic (exact) mass is 413 g/mol. The van der Waals surface area contributed by atoms with E-state index in [4.69, 9.17) is 5.11 Å². The lowest BCUT2D eigenvalue weighted by molar-refractivity contribution is -0.137. The summed E-state index contributed by atoms with van der Waals surface area (Å²) >= 11 is 0. The van der Waals surface area contributed by atoms with Crippen LogP contribution in [0.15, 0.2) is 24.3 Å². The number of aliphatic hydroxyl groups is 1. The normalized spacial score (nSPS) is 12.7. The average molecular weight is 414 g/mol. The van der Waals surface area contributed by atoms with E-state index < -0.39 is 22.1 Å². The smallest absolute Gasteiger partial charge is 0.303 e. The van der Waals surface area contributed by atoms with Crippen LogP contribution in [0, 0.1) is 0 Å². The predicted octanol–water partition coefficient (Wildman–Crippen LogP) is 4.49. The second kappa shape index (κ2) is 12.8. The Balaban J connectivity index is 2.57. The van der Waals surface area contributed by atoms with Crippen molar-refractivity contribution >= 4 is 21.7 Å². The van der Waals surface area contributed by atoms with Gasteiger partial charge in [-0.15, -0.1) is 0 Å². The number of carboxylic acids is 1. The van der Waals surface area contributed by atoms with Gasteiger partial charge < -0.3 is 10.2 Å². The Bertz CT molecular complexity index is 673. The average Bonchev–Trinajstić information content (AvgIpc) is 2.63. The fourth-order valence-electron chi connectivity index (χ4n) is 3.17. The summed E-state index contributed by atoms with van der Waals surface area (Å²) in [7, 11) is -3.38. The van der Waals surface area contributed by atoms with Crippen molar-refractivity contribution in [1.29, 1.82) is 0 Å². The molecule has 0 saturated heterocycles. The van der Waals surface area contributed by atoms with Gasteiger partial charge in [0.15, 0.2) is 0 Å². The zero-order valence-corrected chi connectivity index (χ0v) is 18.0. The number of benzene rings is 1. The van der Waals surface area contributed by atoms with Gasteiger partial charge in [-0.05, 0) is 37.0 Å². The van der Waals surface area contributed by atoms with Crippen molar-refractivity contribution in [2.75, 3.05) is 17.1 Å². The minimum Gasteiger partial charge on any atom is -0.481 e. The van der Waals surface area contributed by atoms with Crippen molar-refractivity contribution in [3.05, 3.63) is 29.8 Å². The molecular formula is C21H35NO5S. The molecule has 1 atom stereocenters. The van der Waals surface area contributed by atoms with E-state index in [2.05, 4.69) is 6.92 Å². The highest BCUT2D eigenvalue weighted by Gasteiger charge is 2.17. The molecule has 0 aliphatic rings. The third kappa shape index (κ3) is 9.55. The molecule has 160 valence electrons. The molecule has 1 aromatic carbocycles. The minimum atomic E-state index is -3.38. The zero-order valence-electron chi connectivity index (χ0n) is 17.1. The topological polar surface area (TPSA) is 94.9 Å². The predicted molar refractivity (Wildman–Crippen MR) is 113 cm³/mol. The van der Waals surface area contributed by atoms with Crippen molar-refractivity contribution in [2.45, 2.75) is 77.2 Å². The van der Waals surface area contributed by atoms with Crippen LogP contribution in [0.2, 0.25) is 0 Å². The Kier molecular flexibility index (Phi) is 11.2. The van der Waals surface area contributed by atoms with E-state index in [-0.39, 0.29) is 6.42 Å². The molecule has 1 aromatic rings. The number of unbranched alkanes of at least 4 members (excludes halogenated alkanes) is 6. The Morgan fingerprint density at radius 3 is 2.18 bits per heavy atom. The van der Waals surface area contributed by atoms with E-state index >= 15 is 0 Å². The molecule has 28 heavy (non-hydrogen) atoms. The van der Waals surface area contributed by atoms with Gasteiger partial charge in [-0.3, -0.25) is 9.10 Å². The molecule has 0 aromatic heterocycles. The number of anilines is 1. The van der Waals surface area contributed by atoms with Crippen LogP contribution in [0.5, 0.6) is 0 Å². The number of carboxylic acid groups (broad SMARTS) is 1. The largest absolute Gasteiger partial charge is 0.481 e. The summed E-state index contributed by atoms with van der Waals surface area (Å²) in [5.41, 5.74) is 1.42. The minimum absolute atomic E-state index is 0.187. The molecule has 0 radical (unpaired) electrons. The summed E-state index contributed by atoms with van der Waals surface area (Å²) in [6.45, 7) is 2.52. The van der Waals surface area contributed by atoms with E-state index in [1.54, 1.807) is 24.3 Å². The van der Waals surface area contributed by atoms with Gasteiger partial charge in [0.25, 0.3) is 0 Å². The Morgan fingerprint density at radius 2 is 1.61 bits per heavy atom. The van der Waals surface area contributed by atoms with E-state index in [0.717, 1.165) is 50.5 Å². The van der Waals surface area contributed by atoms with Gasteiger partial charge in [-0.25, -0.2) is 8.42 Å². The van der Waals surface area contributed by atoms with E-state index in [1.807, 2.05) is 0 Å². The van der Waals surface area contributed by atoms with Crippen molar-refractivity contribution in [1.82, 2.24) is 0 Å². The quantitative estimate of drug-likeness (QED) is 0.413. The van der Waals surface area contributed by atoms with Crippen LogP contribution in [0.3, 0.4) is 0 Å². The maximum absolute atomic E-state index is 12.2. The number of aliphatic hydroxyl groups excluding tert-OH is 1. The lowest BCUT2D eigenvalue weighted by Crippen LogP contribution is -2.30. The molecule has 0 bridgehead atoms. The fraction of sp³-hybridized carbons (Fsp3) is 0.667. The van der Waals surface area contributed by atoms with E-state index in [0.29, 0.717) is 25.1 Å². The van der Waals surface area contributed by atoms with Crippen molar-refractivity contribution in [2.24, 2.45) is 0 Å². The van der Waals surface area contributed by atoms with Crippen LogP contribution in [-0.2, 0) is 14.8 Å². The molecule has 6 nitrogen and oxygen atoms in total. The zero-order chi connectivity index (χ0) is 21.0. The Labute approximate surface area is 169 Å². The highest BCUT2D eigenvalue weighted by Crippen LogP contribution is 2.24. The molecule has 0 fully saturated rings. The molecule has 2 N–H and O–H groups in total. The highest BCUT2D eigenvalue weighted by atomic mass is 32.2. The van der Waals surface area contributed by atoms with Crippen LogP contribution >= 0.6 is 0 Å². The van der Waals surface area contributed by atoms with Crippen LogP contribution < -0.4 is 4.31 Å². The Hall–Kier alpha value is -1.60. The van der Waals surface area contributed by atoms with Gasteiger partial charge in [0, 0.05) is 13.0 Å². The second-order valence-electron chi connectivity index (χ2n) is 7.35. The summed E-state index contributed by atoms with van der Waals surface area (Å²) in [5.74, 6) is -0.776. The first-order valence-electron chi connectivity index (χ1n) is 10.2. The van der Waals surface area contributed by atoms with Crippen molar-refractivity contribution in [3.63, 3.8) is 0 Å². The highest BCUT2D eigenvalue weighted by molar-refractivity contribution is 7.92. The summed E-state index contributed by atoms with van der Waals surface area (Å²) in [6.07, 6.45) is 8.74. The second-order valence-corrected chi connectivity index (χ2v) is 9.26. The summed E-state index contributed by atoms with van der Waals surface area (Å²) < 4.78 is 25.8.